The smallest absolute Gasteiger partial charge is 0.335 e. The number of hydrogen-bond acceptors (Lipinski definition) is 9. The van der Waals surface area contributed by atoms with Crippen LogP contribution in [0.2, 0.25) is 0 Å². The summed E-state index contributed by atoms with van der Waals surface area (Å²) in [5.74, 6) is 0.0584. The fourth-order valence-electron chi connectivity index (χ4n) is 2.52. The largest absolute Gasteiger partial charge is 0.481 e. The maximum atomic E-state index is 12.8. The molecular formula is C16H19N7O5S. The van der Waals surface area contributed by atoms with Crippen LogP contribution in [0.3, 0.4) is 0 Å². The molecule has 3 rings (SSSR count). The topological polar surface area (TPSA) is 150 Å². The summed E-state index contributed by atoms with van der Waals surface area (Å²) in [6, 6.07) is 3.75. The Balaban J connectivity index is 1.89. The van der Waals surface area contributed by atoms with Crippen LogP contribution in [0, 0.1) is 6.92 Å². The van der Waals surface area contributed by atoms with Crippen molar-refractivity contribution in [2.75, 3.05) is 19.5 Å². The number of carbonyl (C=O) groups is 1. The standard InChI is InChI=1S/C16H19N7O5S/c1-5-10-6-7-11-17-9(2)14(23(11)21-10)29(25,26)22-16(24)20-15-18-12(27-3)8-13(19-15)28-4/h6-8H,5H2,1-4H3,(H2,18,19,20,22,24). The van der Waals surface area contributed by atoms with Gasteiger partial charge in [0.05, 0.1) is 31.7 Å². The van der Waals surface area contributed by atoms with E-state index in [9.17, 15) is 13.2 Å². The molecule has 2 amide bonds. The summed E-state index contributed by atoms with van der Waals surface area (Å²) in [5.41, 5.74) is 1.22. The second-order valence-corrected chi connectivity index (χ2v) is 7.38. The zero-order valence-electron chi connectivity index (χ0n) is 16.1. The third kappa shape index (κ3) is 4.18. The molecule has 12 nitrogen and oxygen atoms in total. The van der Waals surface area contributed by atoms with Gasteiger partial charge in [-0.2, -0.15) is 28.0 Å². The first kappa shape index (κ1) is 20.3. The summed E-state index contributed by atoms with van der Waals surface area (Å²) in [5, 5.41) is 6.27. The number of aryl methyl sites for hydroxylation is 2. The summed E-state index contributed by atoms with van der Waals surface area (Å²) >= 11 is 0. The third-order valence-corrected chi connectivity index (χ3v) is 5.25. The summed E-state index contributed by atoms with van der Waals surface area (Å²) in [6.07, 6.45) is 0.607. The van der Waals surface area contributed by atoms with Crippen molar-refractivity contribution in [1.29, 1.82) is 0 Å². The van der Waals surface area contributed by atoms with E-state index < -0.39 is 16.1 Å². The van der Waals surface area contributed by atoms with Crippen LogP contribution in [0.4, 0.5) is 10.7 Å². The summed E-state index contributed by atoms with van der Waals surface area (Å²) in [7, 11) is -1.54. The van der Waals surface area contributed by atoms with Gasteiger partial charge in [0.1, 0.15) is 0 Å². The van der Waals surface area contributed by atoms with Crippen molar-refractivity contribution < 1.29 is 22.7 Å². The monoisotopic (exact) mass is 421 g/mol. The first-order valence-corrected chi connectivity index (χ1v) is 9.91. The SMILES string of the molecule is CCc1ccc2nc(C)c(S(=O)(=O)NC(=O)Nc3nc(OC)cc(OC)n3)n2n1. The number of anilines is 1. The lowest BCUT2D eigenvalue weighted by atomic mass is 10.3. The molecule has 0 saturated carbocycles. The van der Waals surface area contributed by atoms with Crippen molar-refractivity contribution in [2.45, 2.75) is 25.3 Å². The molecule has 3 aromatic heterocycles. The van der Waals surface area contributed by atoms with Gasteiger partial charge < -0.3 is 9.47 Å². The summed E-state index contributed by atoms with van der Waals surface area (Å²) in [6.45, 7) is 3.41. The van der Waals surface area contributed by atoms with Crippen molar-refractivity contribution in [2.24, 2.45) is 0 Å². The molecule has 0 aliphatic heterocycles. The summed E-state index contributed by atoms with van der Waals surface area (Å²) < 4.78 is 38.7. The number of carbonyl (C=O) groups excluding carboxylic acids is 1. The lowest BCUT2D eigenvalue weighted by molar-refractivity contribution is 0.256. The zero-order chi connectivity index (χ0) is 21.2. The Bertz CT molecular complexity index is 1150. The van der Waals surface area contributed by atoms with Crippen molar-refractivity contribution in [3.63, 3.8) is 0 Å². The molecular weight excluding hydrogens is 402 g/mol. The average Bonchev–Trinajstić information content (AvgIpc) is 3.02. The van der Waals surface area contributed by atoms with Gasteiger partial charge >= 0.3 is 6.03 Å². The first-order chi connectivity index (χ1) is 13.8. The van der Waals surface area contributed by atoms with E-state index in [1.165, 1.54) is 31.7 Å². The number of nitrogens with zero attached hydrogens (tertiary/aromatic N) is 5. The van der Waals surface area contributed by atoms with Gasteiger partial charge in [0.25, 0.3) is 10.0 Å². The van der Waals surface area contributed by atoms with E-state index in [-0.39, 0.29) is 28.4 Å². The van der Waals surface area contributed by atoms with Gasteiger partial charge in [0.15, 0.2) is 5.65 Å². The van der Waals surface area contributed by atoms with E-state index in [2.05, 4.69) is 25.4 Å². The van der Waals surface area contributed by atoms with E-state index in [1.807, 2.05) is 11.6 Å². The molecule has 0 radical (unpaired) electrons. The first-order valence-electron chi connectivity index (χ1n) is 8.43. The molecule has 0 aromatic carbocycles. The van der Waals surface area contributed by atoms with Crippen LogP contribution in [-0.4, -0.2) is 53.2 Å². The Morgan fingerprint density at radius 3 is 2.38 bits per heavy atom. The minimum atomic E-state index is -4.29. The van der Waals surface area contributed by atoms with E-state index in [4.69, 9.17) is 9.47 Å². The molecule has 0 saturated heterocycles. The highest BCUT2D eigenvalue weighted by molar-refractivity contribution is 7.90. The number of sulfonamides is 1. The molecule has 3 heterocycles. The molecule has 29 heavy (non-hydrogen) atoms. The van der Waals surface area contributed by atoms with Crippen LogP contribution in [0.25, 0.3) is 5.65 Å². The average molecular weight is 421 g/mol. The predicted octanol–water partition coefficient (Wildman–Crippen LogP) is 0.918. The van der Waals surface area contributed by atoms with Crippen LogP contribution in [0.15, 0.2) is 23.2 Å². The van der Waals surface area contributed by atoms with Crippen LogP contribution < -0.4 is 19.5 Å². The number of hydrogen-bond donors (Lipinski definition) is 2. The zero-order valence-corrected chi connectivity index (χ0v) is 16.9. The molecule has 0 aliphatic carbocycles. The van der Waals surface area contributed by atoms with Crippen molar-refractivity contribution in [3.05, 3.63) is 29.6 Å². The van der Waals surface area contributed by atoms with E-state index in [0.29, 0.717) is 17.8 Å². The molecule has 0 atom stereocenters. The summed E-state index contributed by atoms with van der Waals surface area (Å²) in [4.78, 5) is 24.3. The number of methoxy groups -OCH3 is 2. The number of fused-ring (bicyclic) bond motifs is 1. The van der Waals surface area contributed by atoms with Gasteiger partial charge in [-0.1, -0.05) is 6.92 Å². The Morgan fingerprint density at radius 2 is 1.79 bits per heavy atom. The minimum absolute atomic E-state index is 0.129. The molecule has 154 valence electrons. The maximum absolute atomic E-state index is 12.8. The quantitative estimate of drug-likeness (QED) is 0.592. The number of imidazole rings is 1. The Kier molecular flexibility index (Phi) is 5.50. The van der Waals surface area contributed by atoms with Crippen molar-refractivity contribution in [1.82, 2.24) is 29.3 Å². The van der Waals surface area contributed by atoms with Crippen LogP contribution in [0.1, 0.15) is 18.3 Å². The second-order valence-electron chi connectivity index (χ2n) is 5.79. The number of ether oxygens (including phenoxy) is 2. The van der Waals surface area contributed by atoms with Crippen molar-refractivity contribution >= 4 is 27.6 Å². The van der Waals surface area contributed by atoms with Gasteiger partial charge in [-0.3, -0.25) is 5.32 Å². The number of amides is 2. The van der Waals surface area contributed by atoms with Gasteiger partial charge in [-0.05, 0) is 25.5 Å². The minimum Gasteiger partial charge on any atom is -0.481 e. The lowest BCUT2D eigenvalue weighted by Gasteiger charge is -2.10. The number of aromatic nitrogens is 5. The third-order valence-electron chi connectivity index (χ3n) is 3.82. The molecule has 0 bridgehead atoms. The Hall–Kier alpha value is -3.48. The number of nitrogens with one attached hydrogen (secondary N) is 2. The highest BCUT2D eigenvalue weighted by Crippen LogP contribution is 2.19. The van der Waals surface area contributed by atoms with Gasteiger partial charge in [-0.15, -0.1) is 0 Å². The normalized spacial score (nSPS) is 11.3. The fraction of sp³-hybridized carbons (Fsp3) is 0.312. The molecule has 3 aromatic rings. The highest BCUT2D eigenvalue weighted by Gasteiger charge is 2.27. The Morgan fingerprint density at radius 1 is 1.14 bits per heavy atom. The molecule has 0 aliphatic rings. The molecule has 13 heteroatoms. The van der Waals surface area contributed by atoms with E-state index >= 15 is 0 Å². The second kappa shape index (κ2) is 7.87. The van der Waals surface area contributed by atoms with Crippen LogP contribution >= 0.6 is 0 Å². The van der Waals surface area contributed by atoms with Gasteiger partial charge in [0.2, 0.25) is 22.7 Å². The van der Waals surface area contributed by atoms with Gasteiger partial charge in [0, 0.05) is 0 Å². The predicted molar refractivity (Wildman–Crippen MR) is 102 cm³/mol. The number of urea groups is 1. The van der Waals surface area contributed by atoms with Gasteiger partial charge in [-0.25, -0.2) is 14.5 Å². The van der Waals surface area contributed by atoms with Crippen molar-refractivity contribution in [3.8, 4) is 11.8 Å². The van der Waals surface area contributed by atoms with Crippen LogP contribution in [-0.2, 0) is 16.4 Å². The molecule has 0 spiro atoms. The highest BCUT2D eigenvalue weighted by atomic mass is 32.2. The van der Waals surface area contributed by atoms with Crippen LogP contribution in [0.5, 0.6) is 11.8 Å². The lowest BCUT2D eigenvalue weighted by Crippen LogP contribution is -2.36. The molecule has 0 unspecified atom stereocenters. The maximum Gasteiger partial charge on any atom is 0.335 e. The Labute approximate surface area is 166 Å². The number of rotatable bonds is 6. The van der Waals surface area contributed by atoms with E-state index in [0.717, 1.165) is 0 Å². The fourth-order valence-corrected chi connectivity index (χ4v) is 3.71. The molecule has 0 fully saturated rings. The van der Waals surface area contributed by atoms with E-state index in [1.54, 1.807) is 12.1 Å². The molecule has 2 N–H and O–H groups in total.